The van der Waals surface area contributed by atoms with Crippen LogP contribution in [0.3, 0.4) is 0 Å². The Hall–Kier alpha value is -0.780. The van der Waals surface area contributed by atoms with Crippen LogP contribution in [0.1, 0.15) is 18.1 Å². The van der Waals surface area contributed by atoms with Gasteiger partial charge in [-0.25, -0.2) is 13.1 Å². The highest BCUT2D eigenvalue weighted by atomic mass is 35.5. The zero-order valence-electron chi connectivity index (χ0n) is 10.1. The van der Waals surface area contributed by atoms with Crippen molar-refractivity contribution in [2.75, 3.05) is 12.9 Å². The molecule has 6 heteroatoms. The quantitative estimate of drug-likeness (QED) is 0.897. The van der Waals surface area contributed by atoms with Gasteiger partial charge in [-0.1, -0.05) is 11.6 Å². The molecule has 0 spiro atoms. The molecule has 1 aromatic rings. The number of benzene rings is 1. The molecule has 0 radical (unpaired) electrons. The molecule has 17 heavy (non-hydrogen) atoms. The Bertz CT molecular complexity index is 500. The summed E-state index contributed by atoms with van der Waals surface area (Å²) in [5.74, 6) is 0.681. The van der Waals surface area contributed by atoms with Crippen LogP contribution in [0.2, 0.25) is 5.02 Å². The van der Waals surface area contributed by atoms with Gasteiger partial charge in [-0.2, -0.15) is 0 Å². The van der Waals surface area contributed by atoms with Crippen LogP contribution in [0.25, 0.3) is 0 Å². The minimum absolute atomic E-state index is 0.0505. The van der Waals surface area contributed by atoms with Crippen LogP contribution in [0.4, 0.5) is 0 Å². The van der Waals surface area contributed by atoms with Gasteiger partial charge in [0.2, 0.25) is 10.0 Å². The highest BCUT2D eigenvalue weighted by Gasteiger charge is 2.11. The van der Waals surface area contributed by atoms with E-state index in [2.05, 4.69) is 4.72 Å². The van der Waals surface area contributed by atoms with Crippen LogP contribution in [0.15, 0.2) is 12.1 Å². The molecule has 0 aliphatic carbocycles. The lowest BCUT2D eigenvalue weighted by Gasteiger charge is -2.11. The number of hydrogen-bond acceptors (Lipinski definition) is 3. The van der Waals surface area contributed by atoms with Gasteiger partial charge in [-0.15, -0.1) is 0 Å². The summed E-state index contributed by atoms with van der Waals surface area (Å²) in [6.45, 7) is 3.63. The molecule has 4 nitrogen and oxygen atoms in total. The first-order chi connectivity index (χ1) is 7.89. The van der Waals surface area contributed by atoms with Crippen molar-refractivity contribution in [3.63, 3.8) is 0 Å². The van der Waals surface area contributed by atoms with Gasteiger partial charge in [0.05, 0.1) is 12.9 Å². The lowest BCUT2D eigenvalue weighted by molar-refractivity contribution is 0.409. The average molecular weight is 278 g/mol. The van der Waals surface area contributed by atoms with Crippen LogP contribution in [-0.2, 0) is 16.6 Å². The summed E-state index contributed by atoms with van der Waals surface area (Å²) in [4.78, 5) is 0. The fraction of sp³-hybridized carbons (Fsp3) is 0.455. The highest BCUT2D eigenvalue weighted by molar-refractivity contribution is 7.89. The molecular weight excluding hydrogens is 262 g/mol. The topological polar surface area (TPSA) is 55.4 Å². The van der Waals surface area contributed by atoms with E-state index >= 15 is 0 Å². The van der Waals surface area contributed by atoms with Crippen molar-refractivity contribution in [3.05, 3.63) is 28.3 Å². The van der Waals surface area contributed by atoms with Crippen molar-refractivity contribution < 1.29 is 13.2 Å². The molecule has 0 atom stereocenters. The molecule has 96 valence electrons. The molecule has 0 unspecified atom stereocenters. The number of sulfonamides is 1. The normalized spacial score (nSPS) is 11.5. The molecule has 1 aromatic carbocycles. The minimum atomic E-state index is -3.21. The van der Waals surface area contributed by atoms with Gasteiger partial charge in [-0.05, 0) is 31.5 Å². The largest absolute Gasteiger partial charge is 0.496 e. The van der Waals surface area contributed by atoms with E-state index in [1.165, 1.54) is 0 Å². The maximum Gasteiger partial charge on any atom is 0.211 e. The fourth-order valence-electron chi connectivity index (χ4n) is 1.31. The van der Waals surface area contributed by atoms with Crippen molar-refractivity contribution in [3.8, 4) is 5.75 Å². The first kappa shape index (κ1) is 14.3. The highest BCUT2D eigenvalue weighted by Crippen LogP contribution is 2.26. The number of ether oxygens (including phenoxy) is 1. The standard InChI is InChI=1S/C11H16ClNO3S/c1-4-17(14,15)13-7-9-6-10(12)8(2)5-11(9)16-3/h5-6,13H,4,7H2,1-3H3. The Kier molecular flexibility index (Phi) is 4.80. The van der Waals surface area contributed by atoms with Crippen molar-refractivity contribution >= 4 is 21.6 Å². The molecule has 0 saturated carbocycles. The molecule has 1 N–H and O–H groups in total. The summed E-state index contributed by atoms with van der Waals surface area (Å²) in [6.07, 6.45) is 0. The molecule has 0 amide bonds. The Labute approximate surface area is 107 Å². The van der Waals surface area contributed by atoms with Crippen LogP contribution in [-0.4, -0.2) is 21.3 Å². The Morgan fingerprint density at radius 1 is 1.41 bits per heavy atom. The number of nitrogens with one attached hydrogen (secondary N) is 1. The molecule has 0 heterocycles. The smallest absolute Gasteiger partial charge is 0.211 e. The van der Waals surface area contributed by atoms with Crippen LogP contribution in [0.5, 0.6) is 5.75 Å². The second kappa shape index (κ2) is 5.71. The molecular formula is C11H16ClNO3S. The van der Waals surface area contributed by atoms with Gasteiger partial charge in [0, 0.05) is 17.1 Å². The van der Waals surface area contributed by atoms with E-state index in [0.29, 0.717) is 10.8 Å². The fourth-order valence-corrected chi connectivity index (χ4v) is 2.08. The third kappa shape index (κ3) is 3.87. The lowest BCUT2D eigenvalue weighted by Crippen LogP contribution is -2.24. The van der Waals surface area contributed by atoms with Gasteiger partial charge >= 0.3 is 0 Å². The van der Waals surface area contributed by atoms with E-state index in [1.54, 1.807) is 26.2 Å². The summed E-state index contributed by atoms with van der Waals surface area (Å²) < 4.78 is 30.3. The number of aryl methyl sites for hydroxylation is 1. The number of hydrogen-bond donors (Lipinski definition) is 1. The SMILES string of the molecule is CCS(=O)(=O)NCc1cc(Cl)c(C)cc1OC. The second-order valence-corrected chi connectivity index (χ2v) is 6.14. The van der Waals surface area contributed by atoms with Crippen molar-refractivity contribution in [1.29, 1.82) is 0 Å². The maximum absolute atomic E-state index is 11.3. The third-order valence-electron chi connectivity index (χ3n) is 2.42. The van der Waals surface area contributed by atoms with Gasteiger partial charge in [0.1, 0.15) is 5.75 Å². The molecule has 0 aliphatic rings. The minimum Gasteiger partial charge on any atom is -0.496 e. The zero-order valence-corrected chi connectivity index (χ0v) is 11.7. The Balaban J connectivity index is 2.94. The summed E-state index contributed by atoms with van der Waals surface area (Å²) in [7, 11) is -1.67. The molecule has 0 fully saturated rings. The van der Waals surface area contributed by atoms with Crippen molar-refractivity contribution in [2.24, 2.45) is 0 Å². The molecule has 0 bridgehead atoms. The van der Waals surface area contributed by atoms with Gasteiger partial charge in [-0.3, -0.25) is 0 Å². The lowest BCUT2D eigenvalue weighted by atomic mass is 10.1. The molecule has 1 rings (SSSR count). The third-order valence-corrected chi connectivity index (χ3v) is 4.18. The summed E-state index contributed by atoms with van der Waals surface area (Å²) >= 11 is 5.99. The summed E-state index contributed by atoms with van der Waals surface area (Å²) in [5, 5.41) is 0.594. The van der Waals surface area contributed by atoms with Gasteiger partial charge in [0.25, 0.3) is 0 Å². The van der Waals surface area contributed by atoms with Gasteiger partial charge < -0.3 is 4.74 Å². The number of methoxy groups -OCH3 is 1. The Morgan fingerprint density at radius 3 is 2.59 bits per heavy atom. The van der Waals surface area contributed by atoms with E-state index in [1.807, 2.05) is 6.92 Å². The first-order valence-electron chi connectivity index (χ1n) is 5.20. The molecule has 0 saturated heterocycles. The summed E-state index contributed by atoms with van der Waals surface area (Å²) in [6, 6.07) is 3.51. The van der Waals surface area contributed by atoms with Crippen LogP contribution in [0, 0.1) is 6.92 Å². The van der Waals surface area contributed by atoms with E-state index in [0.717, 1.165) is 11.1 Å². The van der Waals surface area contributed by atoms with E-state index in [4.69, 9.17) is 16.3 Å². The monoisotopic (exact) mass is 277 g/mol. The number of rotatable bonds is 5. The number of halogens is 1. The molecule has 0 aromatic heterocycles. The first-order valence-corrected chi connectivity index (χ1v) is 7.23. The predicted molar refractivity (Wildman–Crippen MR) is 69.0 cm³/mol. The van der Waals surface area contributed by atoms with E-state index in [9.17, 15) is 8.42 Å². The predicted octanol–water partition coefficient (Wildman–Crippen LogP) is 2.10. The summed E-state index contributed by atoms with van der Waals surface area (Å²) in [5.41, 5.74) is 1.62. The van der Waals surface area contributed by atoms with E-state index < -0.39 is 10.0 Å². The molecule has 0 aliphatic heterocycles. The second-order valence-electron chi connectivity index (χ2n) is 3.64. The average Bonchev–Trinajstić information content (AvgIpc) is 2.30. The van der Waals surface area contributed by atoms with Crippen molar-refractivity contribution in [1.82, 2.24) is 4.72 Å². The zero-order chi connectivity index (χ0) is 13.1. The van der Waals surface area contributed by atoms with Crippen LogP contribution >= 0.6 is 11.6 Å². The Morgan fingerprint density at radius 2 is 2.06 bits per heavy atom. The maximum atomic E-state index is 11.3. The van der Waals surface area contributed by atoms with Gasteiger partial charge in [0.15, 0.2) is 0 Å². The van der Waals surface area contributed by atoms with Crippen LogP contribution < -0.4 is 9.46 Å². The van der Waals surface area contributed by atoms with Crippen molar-refractivity contribution in [2.45, 2.75) is 20.4 Å². The van der Waals surface area contributed by atoms with E-state index in [-0.39, 0.29) is 12.3 Å².